The van der Waals surface area contributed by atoms with Crippen LogP contribution < -0.4 is 9.64 Å². The lowest BCUT2D eigenvalue weighted by Crippen LogP contribution is -2.49. The van der Waals surface area contributed by atoms with Crippen molar-refractivity contribution in [3.05, 3.63) is 60.0 Å². The Balaban J connectivity index is 1.40. The van der Waals surface area contributed by atoms with Gasteiger partial charge < -0.3 is 19.5 Å². The number of nitrogens with zero attached hydrogens (tertiary/aromatic N) is 2. The molecule has 1 aromatic heterocycles. The van der Waals surface area contributed by atoms with Gasteiger partial charge in [0.2, 0.25) is 5.91 Å². The standard InChI is InChI=1S/C21H22FN3O2/c1-27-18-6-7-20-19(13-18)15(14-23-20)12-21(26)25-10-8-24(9-11-25)17-4-2-16(22)3-5-17/h2-7,13-14,23H,8-12H2,1H3. The van der Waals surface area contributed by atoms with Crippen LogP contribution in [0.5, 0.6) is 5.75 Å². The number of halogens is 1. The molecular weight excluding hydrogens is 345 g/mol. The van der Waals surface area contributed by atoms with E-state index in [1.165, 1.54) is 12.1 Å². The van der Waals surface area contributed by atoms with E-state index in [0.29, 0.717) is 19.5 Å². The van der Waals surface area contributed by atoms with Crippen molar-refractivity contribution >= 4 is 22.5 Å². The number of anilines is 1. The minimum Gasteiger partial charge on any atom is -0.497 e. The summed E-state index contributed by atoms with van der Waals surface area (Å²) in [6.45, 7) is 2.84. The predicted molar refractivity (Wildman–Crippen MR) is 104 cm³/mol. The summed E-state index contributed by atoms with van der Waals surface area (Å²) in [7, 11) is 1.64. The summed E-state index contributed by atoms with van der Waals surface area (Å²) in [5.41, 5.74) is 2.97. The fourth-order valence-electron chi connectivity index (χ4n) is 3.57. The van der Waals surface area contributed by atoms with Gasteiger partial charge in [-0.25, -0.2) is 4.39 Å². The van der Waals surface area contributed by atoms with Gasteiger partial charge in [0.05, 0.1) is 13.5 Å². The van der Waals surface area contributed by atoms with Crippen molar-refractivity contribution in [1.82, 2.24) is 9.88 Å². The summed E-state index contributed by atoms with van der Waals surface area (Å²) in [6, 6.07) is 12.3. The number of ether oxygens (including phenoxy) is 1. The number of methoxy groups -OCH3 is 1. The third-order valence-electron chi connectivity index (χ3n) is 5.14. The van der Waals surface area contributed by atoms with Gasteiger partial charge in [0, 0.05) is 49.0 Å². The van der Waals surface area contributed by atoms with Gasteiger partial charge in [0.15, 0.2) is 0 Å². The summed E-state index contributed by atoms with van der Waals surface area (Å²) in [4.78, 5) is 20.1. The highest BCUT2D eigenvalue weighted by atomic mass is 19.1. The van der Waals surface area contributed by atoms with Gasteiger partial charge >= 0.3 is 0 Å². The van der Waals surface area contributed by atoms with Crippen LogP contribution in [0.2, 0.25) is 0 Å². The number of amides is 1. The number of H-pyrrole nitrogens is 1. The molecule has 1 aliphatic rings. The third kappa shape index (κ3) is 3.60. The molecule has 0 aliphatic carbocycles. The van der Waals surface area contributed by atoms with E-state index >= 15 is 0 Å². The first-order chi connectivity index (χ1) is 13.1. The summed E-state index contributed by atoms with van der Waals surface area (Å²) in [6.07, 6.45) is 2.26. The Morgan fingerprint density at radius 2 is 1.85 bits per heavy atom. The number of carbonyl (C=O) groups is 1. The SMILES string of the molecule is COc1ccc2[nH]cc(CC(=O)N3CCN(c4ccc(F)cc4)CC3)c2c1. The molecule has 0 radical (unpaired) electrons. The Hall–Kier alpha value is -3.02. The molecule has 6 heteroatoms. The van der Waals surface area contributed by atoms with Gasteiger partial charge in [-0.05, 0) is 48.0 Å². The monoisotopic (exact) mass is 367 g/mol. The number of fused-ring (bicyclic) bond motifs is 1. The fraction of sp³-hybridized carbons (Fsp3) is 0.286. The number of piperazine rings is 1. The van der Waals surface area contributed by atoms with Crippen molar-refractivity contribution in [2.75, 3.05) is 38.2 Å². The second-order valence-electron chi connectivity index (χ2n) is 6.75. The average molecular weight is 367 g/mol. The molecule has 1 amide bonds. The molecular formula is C21H22FN3O2. The molecule has 1 N–H and O–H groups in total. The molecule has 0 bridgehead atoms. The molecule has 0 spiro atoms. The topological polar surface area (TPSA) is 48.6 Å². The number of aromatic amines is 1. The first-order valence-corrected chi connectivity index (χ1v) is 9.06. The first kappa shape index (κ1) is 17.4. The van der Waals surface area contributed by atoms with E-state index in [4.69, 9.17) is 4.74 Å². The van der Waals surface area contributed by atoms with Crippen LogP contribution in [0.25, 0.3) is 10.9 Å². The van der Waals surface area contributed by atoms with E-state index < -0.39 is 0 Å². The minimum atomic E-state index is -0.233. The van der Waals surface area contributed by atoms with Crippen molar-refractivity contribution in [2.24, 2.45) is 0 Å². The maximum atomic E-state index is 13.1. The molecule has 1 saturated heterocycles. The second kappa shape index (κ2) is 7.31. The minimum absolute atomic E-state index is 0.123. The summed E-state index contributed by atoms with van der Waals surface area (Å²) in [5.74, 6) is 0.670. The van der Waals surface area contributed by atoms with Gasteiger partial charge in [0.1, 0.15) is 11.6 Å². The Kier molecular flexibility index (Phi) is 4.71. The quantitative estimate of drug-likeness (QED) is 0.770. The Morgan fingerprint density at radius 1 is 1.11 bits per heavy atom. The molecule has 4 rings (SSSR count). The van der Waals surface area contributed by atoms with Crippen molar-refractivity contribution in [1.29, 1.82) is 0 Å². The van der Waals surface area contributed by atoms with Crippen LogP contribution in [0.4, 0.5) is 10.1 Å². The lowest BCUT2D eigenvalue weighted by molar-refractivity contribution is -0.130. The number of hydrogen-bond donors (Lipinski definition) is 1. The summed E-state index contributed by atoms with van der Waals surface area (Å²) < 4.78 is 18.4. The van der Waals surface area contributed by atoms with Crippen LogP contribution in [0, 0.1) is 5.82 Å². The highest BCUT2D eigenvalue weighted by molar-refractivity contribution is 5.89. The van der Waals surface area contributed by atoms with Crippen LogP contribution in [-0.2, 0) is 11.2 Å². The van der Waals surface area contributed by atoms with Gasteiger partial charge in [-0.3, -0.25) is 4.79 Å². The number of carbonyl (C=O) groups excluding carboxylic acids is 1. The van der Waals surface area contributed by atoms with Crippen LogP contribution in [0.15, 0.2) is 48.7 Å². The molecule has 1 fully saturated rings. The third-order valence-corrected chi connectivity index (χ3v) is 5.14. The van der Waals surface area contributed by atoms with Gasteiger partial charge in [-0.1, -0.05) is 0 Å². The van der Waals surface area contributed by atoms with E-state index in [1.54, 1.807) is 19.2 Å². The number of aromatic nitrogens is 1. The van der Waals surface area contributed by atoms with Crippen molar-refractivity contribution < 1.29 is 13.9 Å². The zero-order valence-corrected chi connectivity index (χ0v) is 15.2. The van der Waals surface area contributed by atoms with Crippen molar-refractivity contribution in [3.63, 3.8) is 0 Å². The maximum absolute atomic E-state index is 13.1. The van der Waals surface area contributed by atoms with Crippen molar-refractivity contribution in [3.8, 4) is 5.75 Å². The number of benzene rings is 2. The molecule has 0 atom stereocenters. The Bertz CT molecular complexity index is 944. The number of nitrogens with one attached hydrogen (secondary N) is 1. The van der Waals surface area contributed by atoms with Crippen molar-refractivity contribution in [2.45, 2.75) is 6.42 Å². The summed E-state index contributed by atoms with van der Waals surface area (Å²) in [5, 5.41) is 1.02. The van der Waals surface area contributed by atoms with Gasteiger partial charge in [-0.15, -0.1) is 0 Å². The Morgan fingerprint density at radius 3 is 2.56 bits per heavy atom. The van der Waals surface area contributed by atoms with E-state index in [0.717, 1.165) is 41.0 Å². The van der Waals surface area contributed by atoms with E-state index in [-0.39, 0.29) is 11.7 Å². The molecule has 3 aromatic rings. The molecule has 27 heavy (non-hydrogen) atoms. The molecule has 2 aromatic carbocycles. The normalized spacial score (nSPS) is 14.6. The first-order valence-electron chi connectivity index (χ1n) is 9.06. The zero-order valence-electron chi connectivity index (χ0n) is 15.2. The lowest BCUT2D eigenvalue weighted by atomic mass is 10.1. The molecule has 0 saturated carbocycles. The maximum Gasteiger partial charge on any atom is 0.227 e. The Labute approximate surface area is 157 Å². The highest BCUT2D eigenvalue weighted by Gasteiger charge is 2.22. The highest BCUT2D eigenvalue weighted by Crippen LogP contribution is 2.24. The lowest BCUT2D eigenvalue weighted by Gasteiger charge is -2.36. The fourth-order valence-corrected chi connectivity index (χ4v) is 3.57. The molecule has 2 heterocycles. The number of hydrogen-bond acceptors (Lipinski definition) is 3. The van der Waals surface area contributed by atoms with E-state index in [9.17, 15) is 9.18 Å². The van der Waals surface area contributed by atoms with Gasteiger partial charge in [-0.2, -0.15) is 0 Å². The molecule has 140 valence electrons. The molecule has 0 unspecified atom stereocenters. The smallest absolute Gasteiger partial charge is 0.227 e. The largest absolute Gasteiger partial charge is 0.497 e. The van der Waals surface area contributed by atoms with Crippen LogP contribution in [0.3, 0.4) is 0 Å². The van der Waals surface area contributed by atoms with Crippen LogP contribution in [-0.4, -0.2) is 49.1 Å². The number of rotatable bonds is 4. The predicted octanol–water partition coefficient (Wildman–Crippen LogP) is 3.21. The molecule has 1 aliphatic heterocycles. The average Bonchev–Trinajstić information content (AvgIpc) is 3.10. The van der Waals surface area contributed by atoms with Gasteiger partial charge in [0.25, 0.3) is 0 Å². The second-order valence-corrected chi connectivity index (χ2v) is 6.75. The van der Waals surface area contributed by atoms with E-state index in [1.807, 2.05) is 29.3 Å². The van der Waals surface area contributed by atoms with E-state index in [2.05, 4.69) is 9.88 Å². The van der Waals surface area contributed by atoms with Crippen LogP contribution >= 0.6 is 0 Å². The summed E-state index contributed by atoms with van der Waals surface area (Å²) >= 11 is 0. The molecule has 5 nitrogen and oxygen atoms in total. The zero-order chi connectivity index (χ0) is 18.8. The van der Waals surface area contributed by atoms with Crippen LogP contribution in [0.1, 0.15) is 5.56 Å².